The number of halogens is 1. The van der Waals surface area contributed by atoms with Crippen LogP contribution in [0.15, 0.2) is 41.1 Å². The summed E-state index contributed by atoms with van der Waals surface area (Å²) in [5.74, 6) is 1.83. The van der Waals surface area contributed by atoms with E-state index in [0.717, 1.165) is 55.0 Å². The van der Waals surface area contributed by atoms with Crippen molar-refractivity contribution in [1.29, 1.82) is 0 Å². The van der Waals surface area contributed by atoms with E-state index >= 15 is 0 Å². The average molecular weight is 433 g/mol. The molecular formula is C20H25BrN4O2. The minimum absolute atomic E-state index is 0.0230. The van der Waals surface area contributed by atoms with Crippen molar-refractivity contribution >= 4 is 27.6 Å². The molecule has 0 aliphatic carbocycles. The van der Waals surface area contributed by atoms with E-state index in [-0.39, 0.29) is 18.8 Å². The molecule has 7 heteroatoms. The maximum absolute atomic E-state index is 9.71. The van der Waals surface area contributed by atoms with Gasteiger partial charge in [-0.25, -0.2) is 9.97 Å². The summed E-state index contributed by atoms with van der Waals surface area (Å²) < 4.78 is 7.06. The summed E-state index contributed by atoms with van der Waals surface area (Å²) in [6.45, 7) is 3.34. The molecule has 0 radical (unpaired) electrons. The van der Waals surface area contributed by atoms with Crippen molar-refractivity contribution in [3.8, 4) is 0 Å². The molecule has 2 saturated heterocycles. The van der Waals surface area contributed by atoms with E-state index in [9.17, 15) is 5.11 Å². The number of hydrogen-bond donors (Lipinski definition) is 1. The maximum Gasteiger partial charge on any atom is 0.134 e. The highest BCUT2D eigenvalue weighted by molar-refractivity contribution is 9.10. The molecule has 1 aromatic carbocycles. The number of benzene rings is 1. The highest BCUT2D eigenvalue weighted by Crippen LogP contribution is 2.29. The van der Waals surface area contributed by atoms with Crippen molar-refractivity contribution in [2.24, 2.45) is 0 Å². The summed E-state index contributed by atoms with van der Waals surface area (Å²) in [5.41, 5.74) is 1.17. The van der Waals surface area contributed by atoms with Crippen LogP contribution >= 0.6 is 15.9 Å². The van der Waals surface area contributed by atoms with Gasteiger partial charge in [0.05, 0.1) is 19.3 Å². The first kappa shape index (κ1) is 18.7. The van der Waals surface area contributed by atoms with Gasteiger partial charge in [0.15, 0.2) is 0 Å². The lowest BCUT2D eigenvalue weighted by molar-refractivity contribution is 0.0395. The molecule has 2 aliphatic heterocycles. The van der Waals surface area contributed by atoms with Crippen molar-refractivity contribution in [2.45, 2.75) is 31.4 Å². The van der Waals surface area contributed by atoms with E-state index in [1.54, 1.807) is 6.33 Å². The number of anilines is 2. The van der Waals surface area contributed by atoms with Gasteiger partial charge in [-0.1, -0.05) is 28.1 Å². The number of hydrogen-bond acceptors (Lipinski definition) is 6. The summed E-state index contributed by atoms with van der Waals surface area (Å²) in [6, 6.07) is 10.5. The van der Waals surface area contributed by atoms with Crippen LogP contribution in [0.4, 0.5) is 11.6 Å². The van der Waals surface area contributed by atoms with Crippen LogP contribution in [0.2, 0.25) is 0 Å². The minimum atomic E-state index is 0.0230. The highest BCUT2D eigenvalue weighted by atomic mass is 79.9. The van der Waals surface area contributed by atoms with Gasteiger partial charge in [-0.2, -0.15) is 0 Å². The van der Waals surface area contributed by atoms with Crippen LogP contribution in [0.1, 0.15) is 30.9 Å². The predicted octanol–water partition coefficient (Wildman–Crippen LogP) is 3.17. The third kappa shape index (κ3) is 4.25. The zero-order valence-corrected chi connectivity index (χ0v) is 16.9. The van der Waals surface area contributed by atoms with E-state index in [0.29, 0.717) is 6.61 Å². The van der Waals surface area contributed by atoms with Crippen molar-refractivity contribution in [3.63, 3.8) is 0 Å². The number of aliphatic hydroxyl groups is 1. The number of piperidine rings is 1. The van der Waals surface area contributed by atoms with Gasteiger partial charge in [-0.05, 0) is 37.0 Å². The Bertz CT molecular complexity index is 775. The van der Waals surface area contributed by atoms with Gasteiger partial charge in [0.25, 0.3) is 0 Å². The van der Waals surface area contributed by atoms with Crippen LogP contribution in [-0.2, 0) is 4.74 Å². The summed E-state index contributed by atoms with van der Waals surface area (Å²) in [5, 5.41) is 9.71. The molecule has 2 aliphatic rings. The first-order valence-electron chi connectivity index (χ1n) is 9.56. The Morgan fingerprint density at radius 3 is 2.89 bits per heavy atom. The smallest absolute Gasteiger partial charge is 0.134 e. The second-order valence-corrected chi connectivity index (χ2v) is 8.04. The minimum Gasteiger partial charge on any atom is -0.394 e. The molecule has 2 unspecified atom stereocenters. The molecular weight excluding hydrogens is 408 g/mol. The average Bonchev–Trinajstić information content (AvgIpc) is 2.74. The fourth-order valence-corrected chi connectivity index (χ4v) is 4.34. The number of ether oxygens (including phenoxy) is 1. The van der Waals surface area contributed by atoms with Crippen LogP contribution in [0.5, 0.6) is 0 Å². The van der Waals surface area contributed by atoms with Gasteiger partial charge in [0.2, 0.25) is 0 Å². The lowest BCUT2D eigenvalue weighted by Gasteiger charge is -2.37. The molecule has 2 atom stereocenters. The van der Waals surface area contributed by atoms with Gasteiger partial charge in [0, 0.05) is 30.2 Å². The molecule has 0 amide bonds. The Labute approximate surface area is 168 Å². The Hall–Kier alpha value is -1.70. The molecule has 6 nitrogen and oxygen atoms in total. The number of aromatic nitrogens is 2. The van der Waals surface area contributed by atoms with Gasteiger partial charge in [0.1, 0.15) is 24.1 Å². The third-order valence-corrected chi connectivity index (χ3v) is 5.87. The van der Waals surface area contributed by atoms with Crippen LogP contribution < -0.4 is 9.80 Å². The maximum atomic E-state index is 9.71. The Morgan fingerprint density at radius 1 is 1.15 bits per heavy atom. The lowest BCUT2D eigenvalue weighted by atomic mass is 10.0. The summed E-state index contributed by atoms with van der Waals surface area (Å²) in [7, 11) is 0. The topological polar surface area (TPSA) is 61.7 Å². The first-order chi connectivity index (χ1) is 13.2. The predicted molar refractivity (Wildman–Crippen MR) is 109 cm³/mol. The van der Waals surface area contributed by atoms with Crippen LogP contribution in [0.3, 0.4) is 0 Å². The molecule has 0 bridgehead atoms. The SMILES string of the molecule is OCC1CCCCN1c1cc(N2CCOC(c3cccc(Br)c3)C2)ncn1. The lowest BCUT2D eigenvalue weighted by Crippen LogP contribution is -2.43. The number of morpholine rings is 1. The fraction of sp³-hybridized carbons (Fsp3) is 0.500. The summed E-state index contributed by atoms with van der Waals surface area (Å²) >= 11 is 3.54. The Balaban J connectivity index is 1.53. The molecule has 2 aromatic rings. The fourth-order valence-electron chi connectivity index (χ4n) is 3.93. The Morgan fingerprint density at radius 2 is 2.04 bits per heavy atom. The van der Waals surface area contributed by atoms with E-state index in [1.165, 1.54) is 5.56 Å². The summed E-state index contributed by atoms with van der Waals surface area (Å²) in [6.07, 6.45) is 4.97. The van der Waals surface area contributed by atoms with Crippen LogP contribution in [0, 0.1) is 0 Å². The van der Waals surface area contributed by atoms with Gasteiger partial charge in [-0.15, -0.1) is 0 Å². The first-order valence-corrected chi connectivity index (χ1v) is 10.4. The monoisotopic (exact) mass is 432 g/mol. The summed E-state index contributed by atoms with van der Waals surface area (Å²) in [4.78, 5) is 13.5. The highest BCUT2D eigenvalue weighted by Gasteiger charge is 2.26. The van der Waals surface area contributed by atoms with Gasteiger partial charge >= 0.3 is 0 Å². The van der Waals surface area contributed by atoms with Gasteiger partial charge < -0.3 is 19.6 Å². The number of rotatable bonds is 4. The molecule has 4 rings (SSSR count). The molecule has 3 heterocycles. The second-order valence-electron chi connectivity index (χ2n) is 7.12. The Kier molecular flexibility index (Phi) is 5.90. The van der Waals surface area contributed by atoms with E-state index in [1.807, 2.05) is 12.1 Å². The van der Waals surface area contributed by atoms with E-state index in [2.05, 4.69) is 53.9 Å². The standard InChI is InChI=1S/C20H25BrN4O2/c21-16-5-3-4-15(10-16)18-12-24(8-9-27-18)19-11-20(23-14-22-19)25-7-2-1-6-17(25)13-26/h3-5,10-11,14,17-18,26H,1-2,6-9,12-13H2. The van der Waals surface area contributed by atoms with E-state index < -0.39 is 0 Å². The largest absolute Gasteiger partial charge is 0.394 e. The third-order valence-electron chi connectivity index (χ3n) is 5.38. The number of nitrogens with zero attached hydrogens (tertiary/aromatic N) is 4. The van der Waals surface area contributed by atoms with Crippen molar-refractivity contribution in [2.75, 3.05) is 42.6 Å². The molecule has 0 saturated carbocycles. The zero-order chi connectivity index (χ0) is 18.6. The van der Waals surface area contributed by atoms with E-state index in [4.69, 9.17) is 4.74 Å². The van der Waals surface area contributed by atoms with Crippen molar-refractivity contribution in [1.82, 2.24) is 9.97 Å². The van der Waals surface area contributed by atoms with Crippen molar-refractivity contribution in [3.05, 3.63) is 46.7 Å². The van der Waals surface area contributed by atoms with Crippen molar-refractivity contribution < 1.29 is 9.84 Å². The molecule has 27 heavy (non-hydrogen) atoms. The normalized spacial score (nSPS) is 23.5. The quantitative estimate of drug-likeness (QED) is 0.800. The molecule has 1 N–H and O–H groups in total. The molecule has 144 valence electrons. The second kappa shape index (κ2) is 8.54. The van der Waals surface area contributed by atoms with Gasteiger partial charge in [-0.3, -0.25) is 0 Å². The van der Waals surface area contributed by atoms with Crippen LogP contribution in [0.25, 0.3) is 0 Å². The molecule has 0 spiro atoms. The zero-order valence-electron chi connectivity index (χ0n) is 15.3. The van der Waals surface area contributed by atoms with Crippen LogP contribution in [-0.4, -0.2) is 54.0 Å². The number of aliphatic hydroxyl groups excluding tert-OH is 1. The molecule has 1 aromatic heterocycles. The molecule has 2 fully saturated rings.